The lowest BCUT2D eigenvalue weighted by molar-refractivity contribution is -0.274. The third-order valence-corrected chi connectivity index (χ3v) is 3.10. The number of hydrogen-bond donors (Lipinski definition) is 0. The van der Waals surface area contributed by atoms with Crippen LogP contribution in [0.1, 0.15) is 6.42 Å². The number of nitrogens with zero attached hydrogens (tertiary/aromatic N) is 1. The van der Waals surface area contributed by atoms with E-state index < -0.39 is 35.7 Å². The molecule has 1 atom stereocenters. The maximum Gasteiger partial charge on any atom is 0.573 e. The second-order valence-electron chi connectivity index (χ2n) is 4.59. The van der Waals surface area contributed by atoms with Crippen molar-refractivity contribution in [3.63, 3.8) is 0 Å². The van der Waals surface area contributed by atoms with E-state index in [2.05, 4.69) is 9.47 Å². The van der Waals surface area contributed by atoms with Gasteiger partial charge >= 0.3 is 12.3 Å². The van der Waals surface area contributed by atoms with Gasteiger partial charge in [0.05, 0.1) is 18.7 Å². The Morgan fingerprint density at radius 1 is 1.36 bits per heavy atom. The Balaban J connectivity index is 2.26. The summed E-state index contributed by atoms with van der Waals surface area (Å²) in [7, 11) is 1.15. The van der Waals surface area contributed by atoms with Crippen molar-refractivity contribution in [1.82, 2.24) is 0 Å². The van der Waals surface area contributed by atoms with Crippen molar-refractivity contribution in [2.75, 3.05) is 18.6 Å². The molecule has 1 saturated heterocycles. The lowest BCUT2D eigenvalue weighted by Crippen LogP contribution is -2.27. The second-order valence-corrected chi connectivity index (χ2v) is 4.59. The van der Waals surface area contributed by atoms with Gasteiger partial charge in [-0.05, 0) is 12.1 Å². The predicted octanol–water partition coefficient (Wildman–Crippen LogP) is 2.25. The molecule has 5 nitrogen and oxygen atoms in total. The highest BCUT2D eigenvalue weighted by atomic mass is 19.4. The van der Waals surface area contributed by atoms with Crippen LogP contribution in [-0.4, -0.2) is 31.9 Å². The molecule has 0 N–H and O–H groups in total. The molecule has 120 valence electrons. The third-order valence-electron chi connectivity index (χ3n) is 3.10. The molecule has 0 aromatic heterocycles. The van der Waals surface area contributed by atoms with Crippen molar-refractivity contribution < 1.29 is 36.6 Å². The Morgan fingerprint density at radius 3 is 2.64 bits per heavy atom. The highest BCUT2D eigenvalue weighted by molar-refractivity contribution is 5.99. The zero-order valence-electron chi connectivity index (χ0n) is 11.3. The molecule has 1 aromatic carbocycles. The van der Waals surface area contributed by atoms with E-state index in [1.165, 1.54) is 0 Å². The summed E-state index contributed by atoms with van der Waals surface area (Å²) in [6, 6.07) is 2.32. The van der Waals surface area contributed by atoms with Gasteiger partial charge in [0.2, 0.25) is 5.91 Å². The average Bonchev–Trinajstić information content (AvgIpc) is 2.80. The lowest BCUT2D eigenvalue weighted by atomic mass is 10.1. The largest absolute Gasteiger partial charge is 0.573 e. The number of benzene rings is 1. The van der Waals surface area contributed by atoms with Crippen LogP contribution in [0.25, 0.3) is 0 Å². The lowest BCUT2D eigenvalue weighted by Gasteiger charge is -2.18. The first-order valence-corrected chi connectivity index (χ1v) is 6.14. The Kier molecular flexibility index (Phi) is 4.25. The molecular formula is C13H11F4NO4. The van der Waals surface area contributed by atoms with E-state index in [0.717, 1.165) is 30.2 Å². The molecule has 9 heteroatoms. The highest BCUT2D eigenvalue weighted by Gasteiger charge is 2.37. The van der Waals surface area contributed by atoms with Crippen molar-refractivity contribution in [1.29, 1.82) is 0 Å². The van der Waals surface area contributed by atoms with E-state index in [1.54, 1.807) is 0 Å². The third kappa shape index (κ3) is 3.46. The quantitative estimate of drug-likeness (QED) is 0.633. The fourth-order valence-electron chi connectivity index (χ4n) is 2.16. The molecule has 22 heavy (non-hydrogen) atoms. The number of carbonyl (C=O) groups is 2. The van der Waals surface area contributed by atoms with E-state index >= 15 is 0 Å². The van der Waals surface area contributed by atoms with Crippen LogP contribution in [0.4, 0.5) is 23.2 Å². The minimum Gasteiger partial charge on any atom is -0.469 e. The molecule has 1 unspecified atom stereocenters. The number of anilines is 1. The van der Waals surface area contributed by atoms with Gasteiger partial charge in [-0.15, -0.1) is 13.2 Å². The van der Waals surface area contributed by atoms with E-state index in [-0.39, 0.29) is 18.7 Å². The summed E-state index contributed by atoms with van der Waals surface area (Å²) in [5.41, 5.74) is -0.377. The number of alkyl halides is 3. The van der Waals surface area contributed by atoms with Crippen LogP contribution in [0.15, 0.2) is 18.2 Å². The number of carbonyl (C=O) groups excluding carboxylic acids is 2. The van der Waals surface area contributed by atoms with Gasteiger partial charge in [-0.3, -0.25) is 9.59 Å². The molecule has 0 bridgehead atoms. The smallest absolute Gasteiger partial charge is 0.469 e. The van der Waals surface area contributed by atoms with Gasteiger partial charge in [0.25, 0.3) is 0 Å². The van der Waals surface area contributed by atoms with Crippen LogP contribution in [0.3, 0.4) is 0 Å². The van der Waals surface area contributed by atoms with Crippen LogP contribution >= 0.6 is 0 Å². The maximum absolute atomic E-state index is 13.8. The topological polar surface area (TPSA) is 55.8 Å². The highest BCUT2D eigenvalue weighted by Crippen LogP contribution is 2.32. The fourth-order valence-corrected chi connectivity index (χ4v) is 2.16. The van der Waals surface area contributed by atoms with E-state index in [1.807, 2.05) is 0 Å². The summed E-state index contributed by atoms with van der Waals surface area (Å²) >= 11 is 0. The van der Waals surface area contributed by atoms with Crippen LogP contribution in [0.2, 0.25) is 0 Å². The Bertz CT molecular complexity index is 602. The number of rotatable bonds is 3. The van der Waals surface area contributed by atoms with Gasteiger partial charge in [0.1, 0.15) is 11.6 Å². The van der Waals surface area contributed by atoms with Crippen LogP contribution < -0.4 is 9.64 Å². The minimum atomic E-state index is -4.93. The first-order valence-electron chi connectivity index (χ1n) is 6.14. The van der Waals surface area contributed by atoms with Crippen molar-refractivity contribution in [3.8, 4) is 5.75 Å². The van der Waals surface area contributed by atoms with Gasteiger partial charge < -0.3 is 14.4 Å². The molecule has 2 rings (SSSR count). The number of amides is 1. The molecule has 1 aromatic rings. The van der Waals surface area contributed by atoms with Crippen molar-refractivity contribution in [2.24, 2.45) is 5.92 Å². The molecule has 1 aliphatic rings. The molecule has 1 fully saturated rings. The molecule has 0 spiro atoms. The van der Waals surface area contributed by atoms with Gasteiger partial charge in [0.15, 0.2) is 0 Å². The molecule has 1 heterocycles. The normalized spacial score (nSPS) is 18.5. The number of ether oxygens (including phenoxy) is 2. The summed E-state index contributed by atoms with van der Waals surface area (Å²) in [4.78, 5) is 24.2. The molecule has 0 radical (unpaired) electrons. The van der Waals surface area contributed by atoms with Gasteiger partial charge in [-0.1, -0.05) is 0 Å². The Hall–Kier alpha value is -2.32. The zero-order chi connectivity index (χ0) is 16.5. The van der Waals surface area contributed by atoms with Crippen LogP contribution in [0.5, 0.6) is 5.75 Å². The number of methoxy groups -OCH3 is 1. The van der Waals surface area contributed by atoms with Gasteiger partial charge in [0, 0.05) is 19.0 Å². The van der Waals surface area contributed by atoms with Gasteiger partial charge in [-0.25, -0.2) is 4.39 Å². The summed E-state index contributed by atoms with van der Waals surface area (Å²) in [5.74, 6) is -3.56. The Morgan fingerprint density at radius 2 is 2.05 bits per heavy atom. The molecule has 0 saturated carbocycles. The molecule has 0 aliphatic carbocycles. The number of hydrogen-bond acceptors (Lipinski definition) is 4. The van der Waals surface area contributed by atoms with E-state index in [9.17, 15) is 27.2 Å². The summed E-state index contributed by atoms with van der Waals surface area (Å²) in [6.07, 6.45) is -5.13. The first kappa shape index (κ1) is 16.1. The minimum absolute atomic E-state index is 0.169. The van der Waals surface area contributed by atoms with E-state index in [4.69, 9.17) is 0 Å². The van der Waals surface area contributed by atoms with Crippen LogP contribution in [0, 0.1) is 11.7 Å². The molecule has 1 amide bonds. The summed E-state index contributed by atoms with van der Waals surface area (Å²) < 4.78 is 58.5. The average molecular weight is 321 g/mol. The monoisotopic (exact) mass is 321 g/mol. The Labute approximate surface area is 122 Å². The summed E-state index contributed by atoms with van der Waals surface area (Å²) in [6.45, 7) is -0.169. The van der Waals surface area contributed by atoms with Crippen LogP contribution in [-0.2, 0) is 14.3 Å². The van der Waals surface area contributed by atoms with Crippen molar-refractivity contribution >= 4 is 17.6 Å². The number of halogens is 4. The second kappa shape index (κ2) is 5.82. The SMILES string of the molecule is COC(=O)C1CC(=O)N(c2cc(OC(F)(F)F)ccc2F)C1. The van der Waals surface area contributed by atoms with E-state index in [0.29, 0.717) is 0 Å². The van der Waals surface area contributed by atoms with Gasteiger partial charge in [-0.2, -0.15) is 0 Å². The van der Waals surface area contributed by atoms with Crippen molar-refractivity contribution in [3.05, 3.63) is 24.0 Å². The zero-order valence-corrected chi connectivity index (χ0v) is 11.3. The first-order chi connectivity index (χ1) is 10.2. The maximum atomic E-state index is 13.8. The fraction of sp³-hybridized carbons (Fsp3) is 0.385. The summed E-state index contributed by atoms with van der Waals surface area (Å²) in [5, 5.41) is 0. The predicted molar refractivity (Wildman–Crippen MR) is 65.6 cm³/mol. The number of esters is 1. The van der Waals surface area contributed by atoms with Crippen molar-refractivity contribution in [2.45, 2.75) is 12.8 Å². The standard InChI is InChI=1S/C13H11F4NO4/c1-21-12(20)7-4-11(19)18(6-7)10-5-8(2-3-9(10)14)22-13(15,16)17/h2-3,5,7H,4,6H2,1H3. The molecular weight excluding hydrogens is 310 g/mol. The molecule has 1 aliphatic heterocycles.